The van der Waals surface area contributed by atoms with Crippen molar-refractivity contribution in [2.75, 3.05) is 0 Å². The number of hydrogen-bond donors (Lipinski definition) is 0. The summed E-state index contributed by atoms with van der Waals surface area (Å²) in [4.78, 5) is 0. The van der Waals surface area contributed by atoms with E-state index >= 15 is 0 Å². The van der Waals surface area contributed by atoms with E-state index in [9.17, 15) is 0 Å². The zero-order valence-corrected chi connectivity index (χ0v) is 22.9. The Balaban J connectivity index is -0.0000000926. The Bertz CT molecular complexity index is 404. The molecule has 0 aromatic rings. The van der Waals surface area contributed by atoms with E-state index in [0.29, 0.717) is 0 Å². The Hall–Kier alpha value is -1.56. The first-order valence-corrected chi connectivity index (χ1v) is 12.3. The summed E-state index contributed by atoms with van der Waals surface area (Å²) >= 11 is 0. The molecule has 1 aliphatic rings. The van der Waals surface area contributed by atoms with Gasteiger partial charge in [0.05, 0.1) is 1.37 Å². The molecule has 1 aliphatic carbocycles. The van der Waals surface area contributed by atoms with Gasteiger partial charge >= 0.3 is 0 Å². The van der Waals surface area contributed by atoms with Crippen LogP contribution in [0.5, 0.6) is 0 Å². The highest BCUT2D eigenvalue weighted by Crippen LogP contribution is 2.15. The Labute approximate surface area is 201 Å². The molecule has 31 heavy (non-hydrogen) atoms. The predicted octanol–water partition coefficient (Wildman–Crippen LogP) is 11.8. The van der Waals surface area contributed by atoms with E-state index in [1.807, 2.05) is 12.2 Å². The molecule has 0 atom stereocenters. The number of hydrogen-bond acceptors (Lipinski definition) is 0. The SMILES string of the molecule is C=C(C)CCC.C=CCCC.C=CCCC.CC1CC=CC1.CCCC=C(C)C.[2H]C=C. The molecule has 0 saturated carbocycles. The molecule has 1 rings (SSSR count). The van der Waals surface area contributed by atoms with Crippen LogP contribution in [0.3, 0.4) is 0 Å². The Morgan fingerprint density at radius 1 is 0.871 bits per heavy atom. The number of unbranched alkanes of at least 4 members (excludes halogenated alkanes) is 3. The molecule has 0 unspecified atom stereocenters. The van der Waals surface area contributed by atoms with Gasteiger partial charge in [0.25, 0.3) is 0 Å². The van der Waals surface area contributed by atoms with Crippen LogP contribution >= 0.6 is 0 Å². The van der Waals surface area contributed by atoms with E-state index in [2.05, 4.69) is 99.9 Å². The van der Waals surface area contributed by atoms with Crippen LogP contribution in [0.25, 0.3) is 0 Å². The highest BCUT2D eigenvalue weighted by Gasteiger charge is 2.00. The van der Waals surface area contributed by atoms with E-state index in [1.54, 1.807) is 0 Å². The normalized spacial score (nSPS) is 10.8. The van der Waals surface area contributed by atoms with Gasteiger partial charge in [-0.15, -0.1) is 32.9 Å². The zero-order valence-electron chi connectivity index (χ0n) is 23.9. The fraction of sp³-hybridized carbons (Fsp3) is 0.613. The summed E-state index contributed by atoms with van der Waals surface area (Å²) in [6, 6.07) is 0. The second-order valence-electron chi connectivity index (χ2n) is 7.98. The van der Waals surface area contributed by atoms with Gasteiger partial charge in [-0.2, -0.15) is 0 Å². The van der Waals surface area contributed by atoms with Crippen LogP contribution in [-0.2, 0) is 0 Å². The summed E-state index contributed by atoms with van der Waals surface area (Å²) in [6.45, 7) is 32.1. The second-order valence-corrected chi connectivity index (χ2v) is 7.98. The van der Waals surface area contributed by atoms with Crippen molar-refractivity contribution >= 4 is 0 Å². The summed E-state index contributed by atoms with van der Waals surface area (Å²) in [5.74, 6) is 0.935. The quantitative estimate of drug-likeness (QED) is 0.334. The van der Waals surface area contributed by atoms with Crippen molar-refractivity contribution in [2.24, 2.45) is 5.92 Å². The first kappa shape index (κ1) is 36.8. The van der Waals surface area contributed by atoms with Crippen molar-refractivity contribution in [3.8, 4) is 0 Å². The van der Waals surface area contributed by atoms with Crippen molar-refractivity contribution in [3.05, 3.63) is 74.4 Å². The van der Waals surface area contributed by atoms with Gasteiger partial charge in [0, 0.05) is 0 Å². The van der Waals surface area contributed by atoms with Crippen LogP contribution in [0.4, 0.5) is 0 Å². The molecular weight excluding hydrogens is 372 g/mol. The minimum absolute atomic E-state index is 0.935. The molecule has 184 valence electrons. The van der Waals surface area contributed by atoms with E-state index in [-0.39, 0.29) is 0 Å². The van der Waals surface area contributed by atoms with Crippen LogP contribution in [0.2, 0.25) is 0 Å². The lowest BCUT2D eigenvalue weighted by Gasteiger charge is -1.92. The summed E-state index contributed by atoms with van der Waals surface area (Å²) in [6.07, 6.45) is 22.9. The molecule has 0 aliphatic heterocycles. The van der Waals surface area contributed by atoms with E-state index in [1.165, 1.54) is 62.5 Å². The van der Waals surface area contributed by atoms with Crippen LogP contribution in [-0.4, -0.2) is 0 Å². The molecule has 0 spiro atoms. The third-order valence-corrected chi connectivity index (χ3v) is 3.75. The second kappa shape index (κ2) is 42.5. The summed E-state index contributed by atoms with van der Waals surface area (Å²) in [5.41, 5.74) is 2.72. The molecule has 0 amide bonds. The topological polar surface area (TPSA) is 0 Å². The molecule has 0 radical (unpaired) electrons. The highest BCUT2D eigenvalue weighted by molar-refractivity contribution is 4.92. The lowest BCUT2D eigenvalue weighted by Crippen LogP contribution is -1.79. The van der Waals surface area contributed by atoms with Gasteiger partial charge in [-0.05, 0) is 65.2 Å². The van der Waals surface area contributed by atoms with Crippen LogP contribution in [0.15, 0.2) is 74.4 Å². The van der Waals surface area contributed by atoms with Crippen molar-refractivity contribution in [1.82, 2.24) is 0 Å². The first-order chi connectivity index (χ1) is 15.2. The molecular formula is C31H60. The predicted molar refractivity (Wildman–Crippen MR) is 153 cm³/mol. The Morgan fingerprint density at radius 2 is 1.26 bits per heavy atom. The van der Waals surface area contributed by atoms with Crippen molar-refractivity contribution in [2.45, 2.75) is 120 Å². The number of allylic oxidation sites excluding steroid dienone is 7. The third-order valence-electron chi connectivity index (χ3n) is 3.75. The first-order valence-electron chi connectivity index (χ1n) is 12.9. The standard InChI is InChI=1S/C7H14.C6H10.C6H12.2C5H10.C2H4/c1-4-5-6-7(2)3;1-6-4-2-3-5-6;1-4-5-6(2)3;2*1-3-5-4-2;1-2/h6H,4-5H2,1-3H3;2-3,6H,4-5H2,1H3;2,4-5H2,1,3H3;2*3H,1,4-5H2,2H3;1-2H2/i;;;;;1D. The van der Waals surface area contributed by atoms with E-state index in [0.717, 1.165) is 25.3 Å². The summed E-state index contributed by atoms with van der Waals surface area (Å²) in [5, 5.41) is 0. The monoisotopic (exact) mass is 433 g/mol. The Kier molecular flexibility index (Phi) is 50.5. The Morgan fingerprint density at radius 3 is 1.32 bits per heavy atom. The summed E-state index contributed by atoms with van der Waals surface area (Å²) < 4.78 is 5.97. The van der Waals surface area contributed by atoms with E-state index < -0.39 is 0 Å². The molecule has 0 heteroatoms. The molecule has 0 aromatic carbocycles. The van der Waals surface area contributed by atoms with Crippen LogP contribution in [0, 0.1) is 5.92 Å². The maximum Gasteiger partial charge on any atom is 0.0532 e. The maximum absolute atomic E-state index is 5.97. The molecule has 0 saturated heterocycles. The third kappa shape index (κ3) is 73.6. The molecule has 0 fully saturated rings. The van der Waals surface area contributed by atoms with Crippen molar-refractivity contribution in [3.63, 3.8) is 0 Å². The van der Waals surface area contributed by atoms with Gasteiger partial charge < -0.3 is 0 Å². The van der Waals surface area contributed by atoms with E-state index in [4.69, 9.17) is 1.37 Å². The van der Waals surface area contributed by atoms with Crippen LogP contribution in [0.1, 0.15) is 121 Å². The largest absolute Gasteiger partial charge is 0.106 e. The lowest BCUT2D eigenvalue weighted by atomic mass is 10.1. The minimum Gasteiger partial charge on any atom is -0.106 e. The average molecular weight is 434 g/mol. The van der Waals surface area contributed by atoms with Gasteiger partial charge in [0.1, 0.15) is 0 Å². The minimum atomic E-state index is 0.935. The molecule has 0 heterocycles. The summed E-state index contributed by atoms with van der Waals surface area (Å²) in [7, 11) is 0. The van der Waals surface area contributed by atoms with Gasteiger partial charge in [0.2, 0.25) is 0 Å². The smallest absolute Gasteiger partial charge is 0.0532 e. The van der Waals surface area contributed by atoms with Crippen LogP contribution < -0.4 is 0 Å². The average Bonchev–Trinajstić information content (AvgIpc) is 3.21. The fourth-order valence-electron chi connectivity index (χ4n) is 2.02. The van der Waals surface area contributed by atoms with Gasteiger partial charge in [-0.25, -0.2) is 0 Å². The molecule has 0 bridgehead atoms. The van der Waals surface area contributed by atoms with Crippen molar-refractivity contribution < 1.29 is 1.37 Å². The van der Waals surface area contributed by atoms with Gasteiger partial charge in [-0.1, -0.05) is 102 Å². The highest BCUT2D eigenvalue weighted by atomic mass is 14.1. The fourth-order valence-corrected chi connectivity index (χ4v) is 2.02. The number of rotatable bonds is 8. The van der Waals surface area contributed by atoms with Gasteiger partial charge in [0.15, 0.2) is 0 Å². The maximum atomic E-state index is 5.97. The lowest BCUT2D eigenvalue weighted by molar-refractivity contribution is 0.638. The van der Waals surface area contributed by atoms with Crippen molar-refractivity contribution in [1.29, 1.82) is 0 Å². The molecule has 0 aromatic heterocycles. The zero-order chi connectivity index (χ0) is 26.0. The van der Waals surface area contributed by atoms with Gasteiger partial charge in [-0.3, -0.25) is 0 Å². The molecule has 0 N–H and O–H groups in total. The molecule has 0 nitrogen and oxygen atoms in total.